The van der Waals surface area contributed by atoms with Gasteiger partial charge in [-0.2, -0.15) is 5.26 Å². The summed E-state index contributed by atoms with van der Waals surface area (Å²) in [6, 6.07) is 21.3. The molecule has 0 N–H and O–H groups in total. The fourth-order valence-corrected chi connectivity index (χ4v) is 2.36. The number of pyridine rings is 1. The van der Waals surface area contributed by atoms with Crippen molar-refractivity contribution in [2.24, 2.45) is 0 Å². The minimum Gasteiger partial charge on any atom is -0.489 e. The summed E-state index contributed by atoms with van der Waals surface area (Å²) in [6.07, 6.45) is 1.69. The highest BCUT2D eigenvalue weighted by Gasteiger charge is 2.08. The summed E-state index contributed by atoms with van der Waals surface area (Å²) in [7, 11) is 1.57. The number of methoxy groups -OCH3 is 1. The first-order valence-corrected chi connectivity index (χ1v) is 7.51. The summed E-state index contributed by atoms with van der Waals surface area (Å²) in [5, 5.41) is 9.44. The molecule has 0 saturated carbocycles. The van der Waals surface area contributed by atoms with Gasteiger partial charge in [-0.1, -0.05) is 30.3 Å². The lowest BCUT2D eigenvalue weighted by Crippen LogP contribution is -1.96. The van der Waals surface area contributed by atoms with Crippen molar-refractivity contribution >= 4 is 0 Å². The molecule has 3 aromatic rings. The van der Waals surface area contributed by atoms with Crippen LogP contribution in [0.5, 0.6) is 11.6 Å². The molecule has 0 aliphatic carbocycles. The SMILES string of the molecule is COc1ccc(-c2ccc(OCc3ccccc3)cc2C#N)cn1. The van der Waals surface area contributed by atoms with Crippen LogP contribution in [0.1, 0.15) is 11.1 Å². The van der Waals surface area contributed by atoms with Crippen LogP contribution in [-0.4, -0.2) is 12.1 Å². The summed E-state index contributed by atoms with van der Waals surface area (Å²) in [6.45, 7) is 0.467. The maximum atomic E-state index is 9.44. The predicted molar refractivity (Wildman–Crippen MR) is 91.7 cm³/mol. The van der Waals surface area contributed by atoms with Crippen molar-refractivity contribution in [3.8, 4) is 28.8 Å². The molecule has 118 valence electrons. The number of benzene rings is 2. The Morgan fingerprint density at radius 2 is 1.88 bits per heavy atom. The van der Waals surface area contributed by atoms with Crippen LogP contribution in [-0.2, 0) is 6.61 Å². The summed E-state index contributed by atoms with van der Waals surface area (Å²) in [5.74, 6) is 1.21. The molecule has 0 amide bonds. The average molecular weight is 316 g/mol. The van der Waals surface area contributed by atoms with Gasteiger partial charge in [-0.3, -0.25) is 0 Å². The second-order valence-corrected chi connectivity index (χ2v) is 5.18. The van der Waals surface area contributed by atoms with Gasteiger partial charge in [-0.05, 0) is 29.8 Å². The van der Waals surface area contributed by atoms with Gasteiger partial charge in [-0.15, -0.1) is 0 Å². The molecule has 0 aliphatic heterocycles. The van der Waals surface area contributed by atoms with Gasteiger partial charge in [0, 0.05) is 23.4 Å². The molecule has 4 heteroatoms. The first kappa shape index (κ1) is 15.6. The normalized spacial score (nSPS) is 10.0. The quantitative estimate of drug-likeness (QED) is 0.707. The molecule has 24 heavy (non-hydrogen) atoms. The van der Waals surface area contributed by atoms with E-state index < -0.39 is 0 Å². The van der Waals surface area contributed by atoms with E-state index in [4.69, 9.17) is 9.47 Å². The molecular formula is C20H16N2O2. The van der Waals surface area contributed by atoms with E-state index in [1.165, 1.54) is 0 Å². The van der Waals surface area contributed by atoms with Gasteiger partial charge in [-0.25, -0.2) is 4.98 Å². The molecule has 0 bridgehead atoms. The van der Waals surface area contributed by atoms with Crippen LogP contribution >= 0.6 is 0 Å². The summed E-state index contributed by atoms with van der Waals surface area (Å²) < 4.78 is 10.8. The molecule has 0 radical (unpaired) electrons. The second-order valence-electron chi connectivity index (χ2n) is 5.18. The maximum Gasteiger partial charge on any atom is 0.212 e. The fraction of sp³-hybridized carbons (Fsp3) is 0.100. The summed E-state index contributed by atoms with van der Waals surface area (Å²) in [5.41, 5.74) is 3.31. The Hall–Kier alpha value is -3.32. The van der Waals surface area contributed by atoms with Crippen molar-refractivity contribution in [1.29, 1.82) is 5.26 Å². The van der Waals surface area contributed by atoms with Crippen molar-refractivity contribution in [3.05, 3.63) is 78.0 Å². The zero-order valence-corrected chi connectivity index (χ0v) is 13.3. The van der Waals surface area contributed by atoms with Crippen LogP contribution in [0.4, 0.5) is 0 Å². The van der Waals surface area contributed by atoms with E-state index in [2.05, 4.69) is 11.1 Å². The maximum absolute atomic E-state index is 9.44. The summed E-state index contributed by atoms with van der Waals surface area (Å²) in [4.78, 5) is 4.18. The third kappa shape index (κ3) is 3.53. The van der Waals surface area contributed by atoms with Crippen molar-refractivity contribution in [2.45, 2.75) is 6.61 Å². The summed E-state index contributed by atoms with van der Waals surface area (Å²) >= 11 is 0. The molecule has 0 atom stereocenters. The van der Waals surface area contributed by atoms with Gasteiger partial charge in [0.2, 0.25) is 5.88 Å². The highest BCUT2D eigenvalue weighted by Crippen LogP contribution is 2.27. The molecule has 0 fully saturated rings. The monoisotopic (exact) mass is 316 g/mol. The standard InChI is InChI=1S/C20H16N2O2/c1-23-20-10-7-16(13-22-20)19-9-8-18(11-17(19)12-21)24-14-15-5-3-2-4-6-15/h2-11,13H,14H2,1H3. The number of aromatic nitrogens is 1. The number of hydrogen-bond donors (Lipinski definition) is 0. The van der Waals surface area contributed by atoms with E-state index in [-0.39, 0.29) is 0 Å². The second kappa shape index (κ2) is 7.30. The van der Waals surface area contributed by atoms with Gasteiger partial charge in [0.25, 0.3) is 0 Å². The van der Waals surface area contributed by atoms with E-state index in [0.717, 1.165) is 16.7 Å². The lowest BCUT2D eigenvalue weighted by molar-refractivity contribution is 0.306. The van der Waals surface area contributed by atoms with E-state index >= 15 is 0 Å². The molecular weight excluding hydrogens is 300 g/mol. The van der Waals surface area contributed by atoms with E-state index in [0.29, 0.717) is 23.8 Å². The molecule has 1 aromatic heterocycles. The van der Waals surface area contributed by atoms with Crippen molar-refractivity contribution < 1.29 is 9.47 Å². The van der Waals surface area contributed by atoms with Crippen LogP contribution in [0, 0.1) is 11.3 Å². The van der Waals surface area contributed by atoms with Gasteiger partial charge in [0.05, 0.1) is 18.7 Å². The number of rotatable bonds is 5. The lowest BCUT2D eigenvalue weighted by Gasteiger charge is -2.09. The molecule has 4 nitrogen and oxygen atoms in total. The van der Waals surface area contributed by atoms with Crippen molar-refractivity contribution in [3.63, 3.8) is 0 Å². The molecule has 0 unspecified atom stereocenters. The highest BCUT2D eigenvalue weighted by molar-refractivity contribution is 5.71. The third-order valence-electron chi connectivity index (χ3n) is 3.62. The van der Waals surface area contributed by atoms with Crippen molar-refractivity contribution in [2.75, 3.05) is 7.11 Å². The van der Waals surface area contributed by atoms with E-state index in [1.807, 2.05) is 48.5 Å². The smallest absolute Gasteiger partial charge is 0.212 e. The molecule has 0 aliphatic rings. The number of nitriles is 1. The molecule has 3 rings (SSSR count). The van der Waals surface area contributed by atoms with Gasteiger partial charge in [0.1, 0.15) is 12.4 Å². The molecule has 0 saturated heterocycles. The first-order valence-electron chi connectivity index (χ1n) is 7.51. The topological polar surface area (TPSA) is 55.1 Å². The van der Waals surface area contributed by atoms with Crippen molar-refractivity contribution in [1.82, 2.24) is 4.98 Å². The van der Waals surface area contributed by atoms with Crippen LogP contribution < -0.4 is 9.47 Å². The molecule has 2 aromatic carbocycles. The lowest BCUT2D eigenvalue weighted by atomic mass is 10.0. The van der Waals surface area contributed by atoms with Gasteiger partial charge in [0.15, 0.2) is 0 Å². The highest BCUT2D eigenvalue weighted by atomic mass is 16.5. The Kier molecular flexibility index (Phi) is 4.73. The largest absolute Gasteiger partial charge is 0.489 e. The third-order valence-corrected chi connectivity index (χ3v) is 3.62. The Balaban J connectivity index is 1.81. The first-order chi connectivity index (χ1) is 11.8. The molecule has 0 spiro atoms. The van der Waals surface area contributed by atoms with Gasteiger partial charge >= 0.3 is 0 Å². The van der Waals surface area contributed by atoms with Crippen LogP contribution in [0.3, 0.4) is 0 Å². The minimum absolute atomic E-state index is 0.467. The predicted octanol–water partition coefficient (Wildman–Crippen LogP) is 4.21. The number of ether oxygens (including phenoxy) is 2. The Labute approximate surface area is 140 Å². The zero-order chi connectivity index (χ0) is 16.8. The fourth-order valence-electron chi connectivity index (χ4n) is 2.36. The van der Waals surface area contributed by atoms with Crippen LogP contribution in [0.25, 0.3) is 11.1 Å². The van der Waals surface area contributed by atoms with E-state index in [9.17, 15) is 5.26 Å². The zero-order valence-electron chi connectivity index (χ0n) is 13.3. The number of nitrogens with zero attached hydrogens (tertiary/aromatic N) is 2. The average Bonchev–Trinajstić information content (AvgIpc) is 2.67. The van der Waals surface area contributed by atoms with Crippen LogP contribution in [0.2, 0.25) is 0 Å². The Morgan fingerprint density at radius 3 is 2.54 bits per heavy atom. The number of hydrogen-bond acceptors (Lipinski definition) is 4. The van der Waals surface area contributed by atoms with Crippen LogP contribution in [0.15, 0.2) is 66.9 Å². The Bertz CT molecular complexity index is 853. The molecule has 1 heterocycles. The van der Waals surface area contributed by atoms with E-state index in [1.54, 1.807) is 25.4 Å². The minimum atomic E-state index is 0.467. The Morgan fingerprint density at radius 1 is 1.04 bits per heavy atom. The van der Waals surface area contributed by atoms with Gasteiger partial charge < -0.3 is 9.47 Å².